The summed E-state index contributed by atoms with van der Waals surface area (Å²) < 4.78 is 0. The predicted octanol–water partition coefficient (Wildman–Crippen LogP) is 4.75. The second kappa shape index (κ2) is 5.94. The second-order valence-corrected chi connectivity index (χ2v) is 7.44. The molecule has 0 aromatic rings. The van der Waals surface area contributed by atoms with Gasteiger partial charge in [-0.3, -0.25) is 0 Å². The Morgan fingerprint density at radius 3 is 2.00 bits per heavy atom. The van der Waals surface area contributed by atoms with Crippen LogP contribution in [-0.4, -0.2) is 5.54 Å². The highest BCUT2D eigenvalue weighted by atomic mass is 14.8. The molecule has 0 amide bonds. The molecule has 0 aromatic heterocycles. The fourth-order valence-electron chi connectivity index (χ4n) is 4.40. The molecule has 0 spiro atoms. The standard InChI is InChI=1S/C17H33N/c1-4-14-5-7-16(8-6-14)17(18)11-9-15(10-12-17)13(2)3/h13-16H,4-12,18H2,1-3H3. The molecule has 2 saturated carbocycles. The van der Waals surface area contributed by atoms with Crippen LogP contribution in [0, 0.1) is 23.7 Å². The maximum Gasteiger partial charge on any atom is 0.0183 e. The van der Waals surface area contributed by atoms with Crippen LogP contribution in [0.25, 0.3) is 0 Å². The molecule has 0 aromatic carbocycles. The first-order chi connectivity index (χ1) is 8.55. The summed E-state index contributed by atoms with van der Waals surface area (Å²) in [5.41, 5.74) is 6.98. The van der Waals surface area contributed by atoms with Crippen LogP contribution < -0.4 is 5.73 Å². The van der Waals surface area contributed by atoms with Crippen molar-refractivity contribution in [1.29, 1.82) is 0 Å². The zero-order chi connectivity index (χ0) is 13.2. The summed E-state index contributed by atoms with van der Waals surface area (Å²) in [4.78, 5) is 0. The van der Waals surface area contributed by atoms with Gasteiger partial charge >= 0.3 is 0 Å². The largest absolute Gasteiger partial charge is 0.325 e. The van der Waals surface area contributed by atoms with Gasteiger partial charge < -0.3 is 5.73 Å². The molecule has 0 bridgehead atoms. The average Bonchev–Trinajstić information content (AvgIpc) is 2.39. The Hall–Kier alpha value is -0.0400. The molecule has 2 aliphatic carbocycles. The van der Waals surface area contributed by atoms with E-state index in [9.17, 15) is 0 Å². The first-order valence-electron chi connectivity index (χ1n) is 8.34. The third kappa shape index (κ3) is 3.10. The Morgan fingerprint density at radius 1 is 1.00 bits per heavy atom. The Kier molecular flexibility index (Phi) is 4.75. The summed E-state index contributed by atoms with van der Waals surface area (Å²) in [6.07, 6.45) is 12.4. The van der Waals surface area contributed by atoms with E-state index in [0.29, 0.717) is 0 Å². The minimum absolute atomic E-state index is 0.199. The third-order valence-corrected chi connectivity index (χ3v) is 6.14. The topological polar surface area (TPSA) is 26.0 Å². The van der Waals surface area contributed by atoms with E-state index in [4.69, 9.17) is 5.73 Å². The summed E-state index contributed by atoms with van der Waals surface area (Å²) in [5.74, 6) is 3.62. The highest BCUT2D eigenvalue weighted by molar-refractivity contribution is 4.97. The SMILES string of the molecule is CCC1CCC(C2(N)CCC(C(C)C)CC2)CC1. The Balaban J connectivity index is 1.86. The summed E-state index contributed by atoms with van der Waals surface area (Å²) in [5, 5.41) is 0. The van der Waals surface area contributed by atoms with Crippen LogP contribution in [0.5, 0.6) is 0 Å². The van der Waals surface area contributed by atoms with Crippen molar-refractivity contribution in [3.8, 4) is 0 Å². The molecular formula is C17H33N. The van der Waals surface area contributed by atoms with Crippen LogP contribution in [0.4, 0.5) is 0 Å². The molecular weight excluding hydrogens is 218 g/mol. The molecule has 0 radical (unpaired) electrons. The molecule has 1 heteroatoms. The van der Waals surface area contributed by atoms with Crippen LogP contribution in [0.1, 0.15) is 78.6 Å². The molecule has 2 aliphatic rings. The Bertz CT molecular complexity index is 242. The molecule has 18 heavy (non-hydrogen) atoms. The van der Waals surface area contributed by atoms with Gasteiger partial charge in [0.25, 0.3) is 0 Å². The van der Waals surface area contributed by atoms with Gasteiger partial charge in [-0.1, -0.05) is 40.0 Å². The van der Waals surface area contributed by atoms with Crippen molar-refractivity contribution in [1.82, 2.24) is 0 Å². The molecule has 0 saturated heterocycles. The van der Waals surface area contributed by atoms with Crippen molar-refractivity contribution in [2.75, 3.05) is 0 Å². The third-order valence-electron chi connectivity index (χ3n) is 6.14. The fraction of sp³-hybridized carbons (Fsp3) is 1.00. The van der Waals surface area contributed by atoms with Crippen LogP contribution in [-0.2, 0) is 0 Å². The molecule has 0 aliphatic heterocycles. The van der Waals surface area contributed by atoms with E-state index in [1.807, 2.05) is 0 Å². The van der Waals surface area contributed by atoms with E-state index in [-0.39, 0.29) is 5.54 Å². The Labute approximate surface area is 114 Å². The van der Waals surface area contributed by atoms with Crippen LogP contribution in [0.2, 0.25) is 0 Å². The van der Waals surface area contributed by atoms with Gasteiger partial charge in [0, 0.05) is 5.54 Å². The van der Waals surface area contributed by atoms with Crippen LogP contribution in [0.3, 0.4) is 0 Å². The van der Waals surface area contributed by atoms with E-state index in [1.165, 1.54) is 57.8 Å². The fourth-order valence-corrected chi connectivity index (χ4v) is 4.40. The second-order valence-electron chi connectivity index (χ2n) is 7.44. The minimum Gasteiger partial charge on any atom is -0.325 e. The van der Waals surface area contributed by atoms with E-state index in [0.717, 1.165) is 23.7 Å². The summed E-state index contributed by atoms with van der Waals surface area (Å²) in [7, 11) is 0. The highest BCUT2D eigenvalue weighted by Gasteiger charge is 2.40. The van der Waals surface area contributed by atoms with Gasteiger partial charge in [0.2, 0.25) is 0 Å². The summed E-state index contributed by atoms with van der Waals surface area (Å²) in [6, 6.07) is 0. The lowest BCUT2D eigenvalue weighted by molar-refractivity contribution is 0.101. The molecule has 2 fully saturated rings. The zero-order valence-electron chi connectivity index (χ0n) is 12.8. The van der Waals surface area contributed by atoms with Crippen LogP contribution in [0.15, 0.2) is 0 Å². The summed E-state index contributed by atoms with van der Waals surface area (Å²) in [6.45, 7) is 7.10. The lowest BCUT2D eigenvalue weighted by Gasteiger charge is -2.46. The molecule has 2 N–H and O–H groups in total. The van der Waals surface area contributed by atoms with E-state index < -0.39 is 0 Å². The zero-order valence-corrected chi connectivity index (χ0v) is 12.8. The van der Waals surface area contributed by atoms with Crippen molar-refractivity contribution in [3.63, 3.8) is 0 Å². The van der Waals surface area contributed by atoms with Gasteiger partial charge in [-0.25, -0.2) is 0 Å². The number of rotatable bonds is 3. The van der Waals surface area contributed by atoms with Gasteiger partial charge in [0.15, 0.2) is 0 Å². The monoisotopic (exact) mass is 251 g/mol. The van der Waals surface area contributed by atoms with Gasteiger partial charge in [-0.15, -0.1) is 0 Å². The Morgan fingerprint density at radius 2 is 1.56 bits per heavy atom. The van der Waals surface area contributed by atoms with Crippen molar-refractivity contribution in [3.05, 3.63) is 0 Å². The van der Waals surface area contributed by atoms with E-state index in [1.54, 1.807) is 0 Å². The number of hydrogen-bond donors (Lipinski definition) is 1. The lowest BCUT2D eigenvalue weighted by Crippen LogP contribution is -2.51. The van der Waals surface area contributed by atoms with Crippen LogP contribution >= 0.6 is 0 Å². The maximum atomic E-state index is 6.78. The molecule has 1 nitrogen and oxygen atoms in total. The smallest absolute Gasteiger partial charge is 0.0183 e. The lowest BCUT2D eigenvalue weighted by atomic mass is 9.63. The molecule has 2 rings (SSSR count). The number of nitrogens with two attached hydrogens (primary N) is 1. The van der Waals surface area contributed by atoms with E-state index in [2.05, 4.69) is 20.8 Å². The van der Waals surface area contributed by atoms with Gasteiger partial charge in [-0.05, 0) is 62.2 Å². The summed E-state index contributed by atoms with van der Waals surface area (Å²) >= 11 is 0. The highest BCUT2D eigenvalue weighted by Crippen LogP contribution is 2.44. The minimum atomic E-state index is 0.199. The average molecular weight is 251 g/mol. The normalized spacial score (nSPS) is 42.2. The van der Waals surface area contributed by atoms with Gasteiger partial charge in [-0.2, -0.15) is 0 Å². The van der Waals surface area contributed by atoms with Gasteiger partial charge in [0.1, 0.15) is 0 Å². The van der Waals surface area contributed by atoms with Crippen molar-refractivity contribution < 1.29 is 0 Å². The molecule has 106 valence electrons. The van der Waals surface area contributed by atoms with Gasteiger partial charge in [0.05, 0.1) is 0 Å². The van der Waals surface area contributed by atoms with E-state index >= 15 is 0 Å². The number of hydrogen-bond acceptors (Lipinski definition) is 1. The molecule has 0 unspecified atom stereocenters. The predicted molar refractivity (Wildman–Crippen MR) is 79.5 cm³/mol. The van der Waals surface area contributed by atoms with Crippen molar-refractivity contribution >= 4 is 0 Å². The van der Waals surface area contributed by atoms with Crippen molar-refractivity contribution in [2.45, 2.75) is 84.1 Å². The quantitative estimate of drug-likeness (QED) is 0.770. The first-order valence-corrected chi connectivity index (χ1v) is 8.34. The molecule has 0 heterocycles. The maximum absolute atomic E-state index is 6.78. The first kappa shape index (κ1) is 14.4. The van der Waals surface area contributed by atoms with Crippen molar-refractivity contribution in [2.24, 2.45) is 29.4 Å². The molecule has 0 atom stereocenters.